The van der Waals surface area contributed by atoms with Crippen molar-refractivity contribution in [3.63, 3.8) is 0 Å². The molecule has 3 rings (SSSR count). The highest BCUT2D eigenvalue weighted by Gasteiger charge is 2.35. The van der Waals surface area contributed by atoms with Gasteiger partial charge in [-0.05, 0) is 54.0 Å². The fourth-order valence-corrected chi connectivity index (χ4v) is 3.80. The molecule has 21 heavy (non-hydrogen) atoms. The van der Waals surface area contributed by atoms with Crippen LogP contribution in [0.5, 0.6) is 5.75 Å². The van der Waals surface area contributed by atoms with Crippen molar-refractivity contribution in [1.29, 1.82) is 0 Å². The predicted octanol–water partition coefficient (Wildman–Crippen LogP) is 3.07. The second kappa shape index (κ2) is 6.18. The van der Waals surface area contributed by atoms with Gasteiger partial charge < -0.3 is 15.2 Å². The van der Waals surface area contributed by atoms with Gasteiger partial charge in [-0.1, -0.05) is 12.1 Å². The molecule has 0 aliphatic heterocycles. The number of methoxy groups -OCH3 is 1. The van der Waals surface area contributed by atoms with Crippen LogP contribution in [0.3, 0.4) is 0 Å². The fourth-order valence-electron chi connectivity index (χ4n) is 3.16. The van der Waals surface area contributed by atoms with E-state index in [0.29, 0.717) is 0 Å². The fraction of sp³-hybridized carbons (Fsp3) is 0.412. The van der Waals surface area contributed by atoms with Crippen LogP contribution in [0.25, 0.3) is 0 Å². The standard InChI is InChI=1S/C17H21NO2S/c1-20-14-6-7-16-13(10-14)4-2-8-17(16,12-19)18-11-15-5-3-9-21-15/h3,5-7,9-10,18-19H,2,4,8,11-12H2,1H3. The molecule has 0 fully saturated rings. The van der Waals surface area contributed by atoms with E-state index >= 15 is 0 Å². The van der Waals surface area contributed by atoms with Crippen molar-refractivity contribution in [3.8, 4) is 5.75 Å². The maximum Gasteiger partial charge on any atom is 0.119 e. The van der Waals surface area contributed by atoms with Crippen LogP contribution in [0.15, 0.2) is 35.7 Å². The second-order valence-corrected chi connectivity index (χ2v) is 6.58. The van der Waals surface area contributed by atoms with E-state index in [1.165, 1.54) is 16.0 Å². The molecule has 2 aromatic rings. The van der Waals surface area contributed by atoms with E-state index in [-0.39, 0.29) is 12.1 Å². The summed E-state index contributed by atoms with van der Waals surface area (Å²) in [4.78, 5) is 1.29. The first-order valence-electron chi connectivity index (χ1n) is 7.33. The number of benzene rings is 1. The minimum atomic E-state index is -0.330. The summed E-state index contributed by atoms with van der Waals surface area (Å²) < 4.78 is 5.32. The first kappa shape index (κ1) is 14.6. The summed E-state index contributed by atoms with van der Waals surface area (Å²) in [5.41, 5.74) is 2.17. The van der Waals surface area contributed by atoms with Crippen LogP contribution in [-0.2, 0) is 18.5 Å². The van der Waals surface area contributed by atoms with Crippen LogP contribution in [0.4, 0.5) is 0 Å². The first-order valence-corrected chi connectivity index (χ1v) is 8.21. The monoisotopic (exact) mass is 303 g/mol. The average molecular weight is 303 g/mol. The summed E-state index contributed by atoms with van der Waals surface area (Å²) in [6, 6.07) is 10.4. The van der Waals surface area contributed by atoms with Crippen LogP contribution in [-0.4, -0.2) is 18.8 Å². The number of nitrogens with one attached hydrogen (secondary N) is 1. The van der Waals surface area contributed by atoms with Gasteiger partial charge in [-0.3, -0.25) is 0 Å². The third-order valence-corrected chi connectivity index (χ3v) is 5.21. The van der Waals surface area contributed by atoms with Gasteiger partial charge in [0, 0.05) is 11.4 Å². The van der Waals surface area contributed by atoms with E-state index in [2.05, 4.69) is 35.0 Å². The highest BCUT2D eigenvalue weighted by molar-refractivity contribution is 7.09. The zero-order valence-corrected chi connectivity index (χ0v) is 13.1. The number of thiophene rings is 1. The summed E-state index contributed by atoms with van der Waals surface area (Å²) in [5, 5.41) is 15.7. The Morgan fingerprint density at radius 2 is 2.29 bits per heavy atom. The number of fused-ring (bicyclic) bond motifs is 1. The van der Waals surface area contributed by atoms with Gasteiger partial charge in [0.25, 0.3) is 0 Å². The van der Waals surface area contributed by atoms with Gasteiger partial charge in [-0.2, -0.15) is 0 Å². The molecule has 1 heterocycles. The van der Waals surface area contributed by atoms with E-state index in [9.17, 15) is 5.11 Å². The van der Waals surface area contributed by atoms with Crippen LogP contribution >= 0.6 is 11.3 Å². The molecule has 1 aromatic heterocycles. The SMILES string of the molecule is COc1ccc2c(c1)CCCC2(CO)NCc1cccs1. The molecular weight excluding hydrogens is 282 g/mol. The van der Waals surface area contributed by atoms with Crippen molar-refractivity contribution in [2.45, 2.75) is 31.3 Å². The van der Waals surface area contributed by atoms with Gasteiger partial charge in [0.15, 0.2) is 0 Å². The Bertz CT molecular complexity index is 597. The highest BCUT2D eigenvalue weighted by atomic mass is 32.1. The molecule has 2 N–H and O–H groups in total. The summed E-state index contributed by atoms with van der Waals surface area (Å²) in [6.07, 6.45) is 3.10. The lowest BCUT2D eigenvalue weighted by molar-refractivity contribution is 0.140. The summed E-state index contributed by atoms with van der Waals surface area (Å²) in [7, 11) is 1.69. The van der Waals surface area contributed by atoms with E-state index in [0.717, 1.165) is 31.6 Å². The van der Waals surface area contributed by atoms with Gasteiger partial charge >= 0.3 is 0 Å². The van der Waals surface area contributed by atoms with Gasteiger partial charge in [0.1, 0.15) is 5.75 Å². The third kappa shape index (κ3) is 2.84. The average Bonchev–Trinajstić information content (AvgIpc) is 3.05. The molecule has 0 bridgehead atoms. The number of aryl methyl sites for hydroxylation is 1. The lowest BCUT2D eigenvalue weighted by Gasteiger charge is -2.39. The van der Waals surface area contributed by atoms with Gasteiger partial charge in [0.05, 0.1) is 19.3 Å². The number of ether oxygens (including phenoxy) is 1. The van der Waals surface area contributed by atoms with E-state index in [4.69, 9.17) is 4.74 Å². The van der Waals surface area contributed by atoms with Crippen LogP contribution in [0, 0.1) is 0 Å². The summed E-state index contributed by atoms with van der Waals surface area (Å²) in [5.74, 6) is 0.890. The van der Waals surface area contributed by atoms with Crippen molar-refractivity contribution in [1.82, 2.24) is 5.32 Å². The van der Waals surface area contributed by atoms with Crippen LogP contribution < -0.4 is 10.1 Å². The number of rotatable bonds is 5. The zero-order chi connectivity index (χ0) is 14.7. The van der Waals surface area contributed by atoms with Crippen molar-refractivity contribution in [2.75, 3.05) is 13.7 Å². The number of hydrogen-bond donors (Lipinski definition) is 2. The lowest BCUT2D eigenvalue weighted by atomic mass is 9.76. The van der Waals surface area contributed by atoms with E-state index in [1.807, 2.05) is 6.07 Å². The molecule has 0 radical (unpaired) electrons. The molecule has 3 nitrogen and oxygen atoms in total. The third-order valence-electron chi connectivity index (χ3n) is 4.33. The number of hydrogen-bond acceptors (Lipinski definition) is 4. The van der Waals surface area contributed by atoms with E-state index in [1.54, 1.807) is 18.4 Å². The molecule has 0 saturated carbocycles. The van der Waals surface area contributed by atoms with Gasteiger partial charge in [0.2, 0.25) is 0 Å². The van der Waals surface area contributed by atoms with Crippen molar-refractivity contribution in [2.24, 2.45) is 0 Å². The van der Waals surface area contributed by atoms with E-state index < -0.39 is 0 Å². The molecule has 1 unspecified atom stereocenters. The van der Waals surface area contributed by atoms with Crippen LogP contribution in [0.1, 0.15) is 28.8 Å². The smallest absolute Gasteiger partial charge is 0.119 e. The minimum absolute atomic E-state index is 0.123. The molecule has 0 amide bonds. The molecule has 1 atom stereocenters. The molecular formula is C17H21NO2S. The largest absolute Gasteiger partial charge is 0.497 e. The predicted molar refractivity (Wildman–Crippen MR) is 85.9 cm³/mol. The highest BCUT2D eigenvalue weighted by Crippen LogP contribution is 2.37. The Kier molecular flexibility index (Phi) is 4.29. The molecule has 0 spiro atoms. The lowest BCUT2D eigenvalue weighted by Crippen LogP contribution is -2.47. The Balaban J connectivity index is 1.88. The number of aliphatic hydroxyl groups excluding tert-OH is 1. The molecule has 1 aliphatic carbocycles. The van der Waals surface area contributed by atoms with Crippen LogP contribution in [0.2, 0.25) is 0 Å². The minimum Gasteiger partial charge on any atom is -0.497 e. The topological polar surface area (TPSA) is 41.5 Å². The molecule has 1 aliphatic rings. The maximum atomic E-state index is 10.1. The summed E-state index contributed by atoms with van der Waals surface area (Å²) in [6.45, 7) is 0.918. The zero-order valence-electron chi connectivity index (χ0n) is 12.3. The Morgan fingerprint density at radius 3 is 3.00 bits per heavy atom. The quantitative estimate of drug-likeness (QED) is 0.892. The second-order valence-electron chi connectivity index (χ2n) is 5.55. The Morgan fingerprint density at radius 1 is 1.38 bits per heavy atom. The van der Waals surface area contributed by atoms with Crippen molar-refractivity contribution in [3.05, 3.63) is 51.7 Å². The maximum absolute atomic E-state index is 10.1. The molecule has 1 aromatic carbocycles. The van der Waals surface area contributed by atoms with Crippen molar-refractivity contribution >= 4 is 11.3 Å². The summed E-state index contributed by atoms with van der Waals surface area (Å²) >= 11 is 1.74. The van der Waals surface area contributed by atoms with Gasteiger partial charge in [-0.15, -0.1) is 11.3 Å². The Labute approximate surface area is 129 Å². The number of aliphatic hydroxyl groups is 1. The molecule has 4 heteroatoms. The first-order chi connectivity index (χ1) is 10.3. The Hall–Kier alpha value is -1.36. The normalized spacial score (nSPS) is 21.0. The van der Waals surface area contributed by atoms with Crippen molar-refractivity contribution < 1.29 is 9.84 Å². The molecule has 0 saturated heterocycles. The molecule has 112 valence electrons. The van der Waals surface area contributed by atoms with Gasteiger partial charge in [-0.25, -0.2) is 0 Å².